The topological polar surface area (TPSA) is 64.9 Å². The fourth-order valence-electron chi connectivity index (χ4n) is 2.69. The highest BCUT2D eigenvalue weighted by Gasteiger charge is 2.12. The molecule has 0 aliphatic heterocycles. The Morgan fingerprint density at radius 3 is 2.16 bits per heavy atom. The monoisotopic (exact) mass is 333 g/mol. The fourth-order valence-corrected chi connectivity index (χ4v) is 2.69. The van der Waals surface area contributed by atoms with Crippen LogP contribution in [0, 0.1) is 45.9 Å². The van der Waals surface area contributed by atoms with E-state index in [1.165, 1.54) is 11.8 Å². The number of anilines is 2. The van der Waals surface area contributed by atoms with Crippen LogP contribution in [0.25, 0.3) is 0 Å². The Hall–Kier alpha value is -3.06. The molecule has 0 bridgehead atoms. The predicted octanol–water partition coefficient (Wildman–Crippen LogP) is 4.69. The van der Waals surface area contributed by atoms with Crippen LogP contribution in [0.3, 0.4) is 0 Å². The number of hydrogen-bond acceptors (Lipinski definition) is 3. The number of carbonyl (C=O) groups is 1. The van der Waals surface area contributed by atoms with Crippen LogP contribution in [0.1, 0.15) is 27.8 Å². The Bertz CT molecular complexity index is 865. The van der Waals surface area contributed by atoms with Crippen LogP contribution < -0.4 is 10.6 Å². The standard InChI is InChI=1S/C21H23N3O/c1-13-8-16(4)20(17(5)9-13)24-21(25)18(11-22)12-23-19-7-6-14(2)15(3)10-19/h6-10,12,23H,1-5H3,(H,24,25)/b18-12-. The van der Waals surface area contributed by atoms with Crippen LogP contribution in [0.4, 0.5) is 11.4 Å². The molecule has 0 unspecified atom stereocenters. The van der Waals surface area contributed by atoms with E-state index in [4.69, 9.17) is 0 Å². The molecule has 2 N–H and O–H groups in total. The van der Waals surface area contributed by atoms with Gasteiger partial charge in [-0.3, -0.25) is 4.79 Å². The van der Waals surface area contributed by atoms with E-state index in [-0.39, 0.29) is 5.57 Å². The fraction of sp³-hybridized carbons (Fsp3) is 0.238. The summed E-state index contributed by atoms with van der Waals surface area (Å²) in [6, 6.07) is 11.9. The Labute approximate surface area is 149 Å². The number of nitriles is 1. The first-order valence-electron chi connectivity index (χ1n) is 8.15. The summed E-state index contributed by atoms with van der Waals surface area (Å²) in [4.78, 5) is 12.4. The summed E-state index contributed by atoms with van der Waals surface area (Å²) in [5, 5.41) is 15.2. The normalized spacial score (nSPS) is 11.0. The molecule has 0 fully saturated rings. The molecule has 25 heavy (non-hydrogen) atoms. The van der Waals surface area contributed by atoms with Crippen molar-refractivity contribution in [2.24, 2.45) is 0 Å². The zero-order valence-corrected chi connectivity index (χ0v) is 15.3. The van der Waals surface area contributed by atoms with Gasteiger partial charge in [0.25, 0.3) is 5.91 Å². The summed E-state index contributed by atoms with van der Waals surface area (Å²) in [7, 11) is 0. The van der Waals surface area contributed by atoms with Gasteiger partial charge < -0.3 is 10.6 Å². The number of aryl methyl sites for hydroxylation is 5. The van der Waals surface area contributed by atoms with E-state index < -0.39 is 5.91 Å². The molecule has 2 aromatic rings. The summed E-state index contributed by atoms with van der Waals surface area (Å²) in [5.74, 6) is -0.422. The third-order valence-electron chi connectivity index (χ3n) is 4.17. The molecule has 0 heterocycles. The molecular formula is C21H23N3O. The molecule has 0 radical (unpaired) electrons. The third-order valence-corrected chi connectivity index (χ3v) is 4.17. The summed E-state index contributed by atoms with van der Waals surface area (Å²) < 4.78 is 0. The van der Waals surface area contributed by atoms with Crippen LogP contribution in [0.5, 0.6) is 0 Å². The van der Waals surface area contributed by atoms with Crippen molar-refractivity contribution in [3.8, 4) is 6.07 Å². The molecule has 0 aliphatic carbocycles. The lowest BCUT2D eigenvalue weighted by Gasteiger charge is -2.12. The molecule has 0 aromatic heterocycles. The summed E-state index contributed by atoms with van der Waals surface area (Å²) in [6.45, 7) is 9.96. The molecule has 4 nitrogen and oxygen atoms in total. The van der Waals surface area contributed by atoms with E-state index in [0.717, 1.165) is 33.6 Å². The third kappa shape index (κ3) is 4.48. The van der Waals surface area contributed by atoms with Gasteiger partial charge in [-0.2, -0.15) is 5.26 Å². The van der Waals surface area contributed by atoms with Gasteiger partial charge in [0.1, 0.15) is 11.6 Å². The summed E-state index contributed by atoms with van der Waals surface area (Å²) in [5.41, 5.74) is 7.05. The lowest BCUT2D eigenvalue weighted by molar-refractivity contribution is -0.112. The first-order valence-corrected chi connectivity index (χ1v) is 8.15. The van der Waals surface area contributed by atoms with Crippen molar-refractivity contribution < 1.29 is 4.79 Å². The van der Waals surface area contributed by atoms with E-state index in [0.29, 0.717) is 0 Å². The minimum Gasteiger partial charge on any atom is -0.360 e. The van der Waals surface area contributed by atoms with Gasteiger partial charge in [0.2, 0.25) is 0 Å². The molecule has 2 rings (SSSR count). The number of hydrogen-bond donors (Lipinski definition) is 2. The van der Waals surface area contributed by atoms with Gasteiger partial charge in [-0.1, -0.05) is 23.8 Å². The van der Waals surface area contributed by atoms with Gasteiger partial charge in [0.05, 0.1) is 0 Å². The van der Waals surface area contributed by atoms with Gasteiger partial charge >= 0.3 is 0 Å². The van der Waals surface area contributed by atoms with E-state index in [2.05, 4.69) is 10.6 Å². The lowest BCUT2D eigenvalue weighted by Crippen LogP contribution is -2.16. The van der Waals surface area contributed by atoms with Gasteiger partial charge in [-0.25, -0.2) is 0 Å². The van der Waals surface area contributed by atoms with Gasteiger partial charge in [0, 0.05) is 17.6 Å². The van der Waals surface area contributed by atoms with Crippen LogP contribution in [-0.4, -0.2) is 5.91 Å². The Morgan fingerprint density at radius 1 is 0.960 bits per heavy atom. The summed E-state index contributed by atoms with van der Waals surface area (Å²) >= 11 is 0. The zero-order valence-electron chi connectivity index (χ0n) is 15.3. The summed E-state index contributed by atoms with van der Waals surface area (Å²) in [6.07, 6.45) is 1.44. The molecule has 0 saturated heterocycles. The Balaban J connectivity index is 2.18. The maximum absolute atomic E-state index is 12.4. The van der Waals surface area contributed by atoms with Crippen LogP contribution >= 0.6 is 0 Å². The average Bonchev–Trinajstić information content (AvgIpc) is 2.54. The predicted molar refractivity (Wildman–Crippen MR) is 103 cm³/mol. The van der Waals surface area contributed by atoms with Gasteiger partial charge in [-0.05, 0) is 69.0 Å². The molecule has 2 aromatic carbocycles. The minimum absolute atomic E-state index is 0.0256. The van der Waals surface area contributed by atoms with E-state index in [1.807, 2.05) is 71.0 Å². The van der Waals surface area contributed by atoms with Crippen molar-refractivity contribution in [1.82, 2.24) is 0 Å². The maximum atomic E-state index is 12.4. The highest BCUT2D eigenvalue weighted by molar-refractivity contribution is 6.07. The smallest absolute Gasteiger partial charge is 0.267 e. The van der Waals surface area contributed by atoms with E-state index in [9.17, 15) is 10.1 Å². The van der Waals surface area contributed by atoms with Crippen molar-refractivity contribution in [3.05, 3.63) is 69.9 Å². The second-order valence-electron chi connectivity index (χ2n) is 6.34. The lowest BCUT2D eigenvalue weighted by atomic mass is 10.0. The zero-order chi connectivity index (χ0) is 18.6. The molecule has 0 atom stereocenters. The van der Waals surface area contributed by atoms with E-state index in [1.54, 1.807) is 0 Å². The Kier molecular flexibility index (Phi) is 5.61. The van der Waals surface area contributed by atoms with Crippen molar-refractivity contribution in [2.75, 3.05) is 10.6 Å². The first-order chi connectivity index (χ1) is 11.8. The largest absolute Gasteiger partial charge is 0.360 e. The number of nitrogens with one attached hydrogen (secondary N) is 2. The average molecular weight is 333 g/mol. The van der Waals surface area contributed by atoms with Gasteiger partial charge in [-0.15, -0.1) is 0 Å². The van der Waals surface area contributed by atoms with Crippen molar-refractivity contribution in [2.45, 2.75) is 34.6 Å². The quantitative estimate of drug-likeness (QED) is 0.630. The van der Waals surface area contributed by atoms with Crippen LogP contribution in [-0.2, 0) is 4.79 Å². The highest BCUT2D eigenvalue weighted by Crippen LogP contribution is 2.22. The number of rotatable bonds is 4. The first kappa shape index (κ1) is 18.3. The molecule has 128 valence electrons. The second-order valence-corrected chi connectivity index (χ2v) is 6.34. The number of carbonyl (C=O) groups excluding carboxylic acids is 1. The second kappa shape index (κ2) is 7.67. The van der Waals surface area contributed by atoms with Crippen molar-refractivity contribution in [3.63, 3.8) is 0 Å². The van der Waals surface area contributed by atoms with Crippen molar-refractivity contribution >= 4 is 17.3 Å². The number of amides is 1. The van der Waals surface area contributed by atoms with Crippen LogP contribution in [0.2, 0.25) is 0 Å². The highest BCUT2D eigenvalue weighted by atomic mass is 16.1. The molecular weight excluding hydrogens is 310 g/mol. The molecule has 0 saturated carbocycles. The van der Waals surface area contributed by atoms with Crippen LogP contribution in [0.15, 0.2) is 42.1 Å². The molecule has 1 amide bonds. The molecule has 4 heteroatoms. The maximum Gasteiger partial charge on any atom is 0.267 e. The SMILES string of the molecule is Cc1cc(C)c(NC(=O)/C(C#N)=C\Nc2ccc(C)c(C)c2)c(C)c1. The number of nitrogens with zero attached hydrogens (tertiary/aromatic N) is 1. The van der Waals surface area contributed by atoms with Gasteiger partial charge in [0.15, 0.2) is 0 Å². The number of benzene rings is 2. The molecule has 0 spiro atoms. The van der Waals surface area contributed by atoms with Crippen molar-refractivity contribution in [1.29, 1.82) is 5.26 Å². The molecule has 0 aliphatic rings. The van der Waals surface area contributed by atoms with E-state index >= 15 is 0 Å². The minimum atomic E-state index is -0.422. The Morgan fingerprint density at radius 2 is 1.60 bits per heavy atom.